The van der Waals surface area contributed by atoms with Gasteiger partial charge < -0.3 is 14.8 Å². The van der Waals surface area contributed by atoms with Crippen molar-refractivity contribution in [2.24, 2.45) is 0 Å². The van der Waals surface area contributed by atoms with Gasteiger partial charge in [-0.3, -0.25) is 4.79 Å². The minimum atomic E-state index is -4.86. The number of alkyl halides is 5. The lowest BCUT2D eigenvalue weighted by atomic mass is 10.2. The van der Waals surface area contributed by atoms with Crippen molar-refractivity contribution in [2.45, 2.75) is 19.9 Å². The van der Waals surface area contributed by atoms with Crippen LogP contribution in [0.5, 0.6) is 11.5 Å². The number of ether oxygens (including phenoxy) is 2. The molecule has 0 fully saturated rings. The number of benzene rings is 2. The van der Waals surface area contributed by atoms with Crippen LogP contribution in [-0.2, 0) is 0 Å². The number of aromatic nitrogens is 3. The fourth-order valence-corrected chi connectivity index (χ4v) is 2.51. The third-order valence-electron chi connectivity index (χ3n) is 3.74. The van der Waals surface area contributed by atoms with Crippen LogP contribution < -0.4 is 14.8 Å². The Morgan fingerprint density at radius 1 is 1.10 bits per heavy atom. The van der Waals surface area contributed by atoms with Gasteiger partial charge in [-0.1, -0.05) is 11.3 Å². The van der Waals surface area contributed by atoms with Crippen LogP contribution in [0.2, 0.25) is 0 Å². The predicted molar refractivity (Wildman–Crippen MR) is 93.8 cm³/mol. The maximum atomic E-state index is 12.5. The molecule has 0 saturated heterocycles. The first kappa shape index (κ1) is 21.0. The fraction of sp³-hybridized carbons (Fsp3) is 0.167. The second-order valence-electron chi connectivity index (χ2n) is 5.84. The van der Waals surface area contributed by atoms with Gasteiger partial charge in [-0.25, -0.2) is 4.68 Å². The number of hydrogen-bond acceptors (Lipinski definition) is 5. The second kappa shape index (κ2) is 8.35. The number of nitrogens with one attached hydrogen (secondary N) is 1. The van der Waals surface area contributed by atoms with Gasteiger partial charge >= 0.3 is 13.0 Å². The molecule has 0 aliphatic carbocycles. The van der Waals surface area contributed by atoms with Crippen molar-refractivity contribution in [3.63, 3.8) is 0 Å². The van der Waals surface area contributed by atoms with Crippen LogP contribution in [0.25, 0.3) is 5.69 Å². The molecule has 3 rings (SSSR count). The Morgan fingerprint density at radius 2 is 1.80 bits per heavy atom. The number of amides is 1. The maximum Gasteiger partial charge on any atom is 0.573 e. The van der Waals surface area contributed by atoms with Crippen LogP contribution in [0.15, 0.2) is 48.5 Å². The first-order valence-corrected chi connectivity index (χ1v) is 8.27. The zero-order valence-corrected chi connectivity index (χ0v) is 15.2. The minimum absolute atomic E-state index is 0.0505. The second-order valence-corrected chi connectivity index (χ2v) is 5.84. The largest absolute Gasteiger partial charge is 0.573 e. The number of hydrogen-bond donors (Lipinski definition) is 1. The Morgan fingerprint density at radius 3 is 2.43 bits per heavy atom. The van der Waals surface area contributed by atoms with Crippen molar-refractivity contribution >= 4 is 11.6 Å². The first-order valence-electron chi connectivity index (χ1n) is 8.27. The number of anilines is 1. The molecule has 0 spiro atoms. The van der Waals surface area contributed by atoms with Crippen molar-refractivity contribution < 1.29 is 36.2 Å². The molecule has 7 nitrogen and oxygen atoms in total. The van der Waals surface area contributed by atoms with Crippen LogP contribution in [-0.4, -0.2) is 33.9 Å². The van der Waals surface area contributed by atoms with E-state index in [4.69, 9.17) is 0 Å². The molecule has 0 aliphatic rings. The molecular formula is C18H13F5N4O3. The van der Waals surface area contributed by atoms with E-state index in [2.05, 4.69) is 25.1 Å². The van der Waals surface area contributed by atoms with Crippen LogP contribution in [0, 0.1) is 6.92 Å². The number of carbonyl (C=O) groups excluding carboxylic acids is 1. The van der Waals surface area contributed by atoms with E-state index < -0.39 is 24.6 Å². The Bertz CT molecular complexity index is 1040. The van der Waals surface area contributed by atoms with Gasteiger partial charge in [0.1, 0.15) is 11.5 Å². The van der Waals surface area contributed by atoms with E-state index >= 15 is 0 Å². The highest BCUT2D eigenvalue weighted by Gasteiger charge is 2.31. The average molecular weight is 428 g/mol. The number of carbonyl (C=O) groups is 1. The van der Waals surface area contributed by atoms with Crippen LogP contribution in [0.4, 0.5) is 27.6 Å². The van der Waals surface area contributed by atoms with Crippen molar-refractivity contribution in [3.8, 4) is 17.2 Å². The van der Waals surface area contributed by atoms with E-state index in [1.165, 1.54) is 41.1 Å². The van der Waals surface area contributed by atoms with E-state index in [0.717, 1.165) is 12.1 Å². The highest BCUT2D eigenvalue weighted by Crippen LogP contribution is 2.25. The normalized spacial score (nSPS) is 11.4. The van der Waals surface area contributed by atoms with Crippen molar-refractivity contribution in [1.82, 2.24) is 15.0 Å². The predicted octanol–water partition coefficient (Wildman–Crippen LogP) is 4.33. The summed E-state index contributed by atoms with van der Waals surface area (Å²) in [6, 6.07) is 10.2. The summed E-state index contributed by atoms with van der Waals surface area (Å²) in [5.41, 5.74) is 0.730. The number of halogens is 5. The standard InChI is InChI=1S/C18H13F5N4O3/c1-10-15(16(28)24-11-3-2-4-14(9-11)30-18(21,22)23)25-26-27(10)12-5-7-13(8-6-12)29-17(19)20/h2-9,17H,1H3,(H,24,28). The average Bonchev–Trinajstić information content (AvgIpc) is 3.02. The maximum absolute atomic E-state index is 12.5. The van der Waals surface area contributed by atoms with Crippen molar-refractivity contribution in [2.75, 3.05) is 5.32 Å². The van der Waals surface area contributed by atoms with Crippen LogP contribution in [0.3, 0.4) is 0 Å². The van der Waals surface area contributed by atoms with Crippen molar-refractivity contribution in [1.29, 1.82) is 0 Å². The summed E-state index contributed by atoms with van der Waals surface area (Å²) < 4.78 is 70.8. The quantitative estimate of drug-likeness (QED) is 0.592. The smallest absolute Gasteiger partial charge is 0.435 e. The molecule has 2 aromatic carbocycles. The monoisotopic (exact) mass is 428 g/mol. The van der Waals surface area contributed by atoms with E-state index in [-0.39, 0.29) is 17.1 Å². The summed E-state index contributed by atoms with van der Waals surface area (Å²) >= 11 is 0. The van der Waals surface area contributed by atoms with E-state index in [1.807, 2.05) is 0 Å². The van der Waals surface area contributed by atoms with Gasteiger partial charge in [-0.2, -0.15) is 8.78 Å². The third kappa shape index (κ3) is 5.21. The summed E-state index contributed by atoms with van der Waals surface area (Å²) in [4.78, 5) is 12.5. The Kier molecular flexibility index (Phi) is 5.85. The fourth-order valence-electron chi connectivity index (χ4n) is 2.51. The molecule has 30 heavy (non-hydrogen) atoms. The summed E-state index contributed by atoms with van der Waals surface area (Å²) in [5, 5.41) is 10.0. The number of nitrogens with zero attached hydrogens (tertiary/aromatic N) is 3. The van der Waals surface area contributed by atoms with Crippen LogP contribution >= 0.6 is 0 Å². The molecule has 12 heteroatoms. The highest BCUT2D eigenvalue weighted by molar-refractivity contribution is 6.03. The van der Waals surface area contributed by atoms with Gasteiger partial charge in [-0.15, -0.1) is 18.3 Å². The van der Waals surface area contributed by atoms with Gasteiger partial charge in [0.05, 0.1) is 11.4 Å². The zero-order chi connectivity index (χ0) is 21.9. The first-order chi connectivity index (χ1) is 14.1. The van der Waals surface area contributed by atoms with Gasteiger partial charge in [0, 0.05) is 11.8 Å². The topological polar surface area (TPSA) is 78.3 Å². The molecule has 1 amide bonds. The van der Waals surface area contributed by atoms with Crippen molar-refractivity contribution in [3.05, 3.63) is 59.9 Å². The van der Waals surface area contributed by atoms with Gasteiger partial charge in [-0.05, 0) is 43.3 Å². The summed E-state index contributed by atoms with van der Waals surface area (Å²) in [5.74, 6) is -1.25. The summed E-state index contributed by atoms with van der Waals surface area (Å²) in [6.07, 6.45) is -4.86. The number of rotatable bonds is 6. The minimum Gasteiger partial charge on any atom is -0.435 e. The molecule has 1 aromatic heterocycles. The lowest BCUT2D eigenvalue weighted by molar-refractivity contribution is -0.274. The van der Waals surface area contributed by atoms with Gasteiger partial charge in [0.2, 0.25) is 0 Å². The SMILES string of the molecule is Cc1c(C(=O)Nc2cccc(OC(F)(F)F)c2)nnn1-c1ccc(OC(F)F)cc1. The highest BCUT2D eigenvalue weighted by atomic mass is 19.4. The molecule has 1 heterocycles. The van der Waals surface area contributed by atoms with Gasteiger partial charge in [0.15, 0.2) is 5.69 Å². The molecule has 0 atom stereocenters. The molecule has 158 valence electrons. The molecule has 1 N–H and O–H groups in total. The molecule has 0 unspecified atom stereocenters. The zero-order valence-electron chi connectivity index (χ0n) is 15.2. The van der Waals surface area contributed by atoms with Crippen LogP contribution in [0.1, 0.15) is 16.2 Å². The molecule has 3 aromatic rings. The summed E-state index contributed by atoms with van der Waals surface area (Å²) in [6.45, 7) is -1.42. The molecular weight excluding hydrogens is 415 g/mol. The lowest BCUT2D eigenvalue weighted by Crippen LogP contribution is -2.18. The molecule has 0 saturated carbocycles. The van der Waals surface area contributed by atoms with E-state index in [1.54, 1.807) is 6.92 Å². The Labute approximate surface area is 166 Å². The Balaban J connectivity index is 1.76. The summed E-state index contributed by atoms with van der Waals surface area (Å²) in [7, 11) is 0. The lowest BCUT2D eigenvalue weighted by Gasteiger charge is -2.10. The molecule has 0 bridgehead atoms. The third-order valence-corrected chi connectivity index (χ3v) is 3.74. The molecule has 0 radical (unpaired) electrons. The van der Waals surface area contributed by atoms with E-state index in [0.29, 0.717) is 11.4 Å². The van der Waals surface area contributed by atoms with E-state index in [9.17, 15) is 26.7 Å². The molecule has 0 aliphatic heterocycles. The van der Waals surface area contributed by atoms with Gasteiger partial charge in [0.25, 0.3) is 5.91 Å². The Hall–Kier alpha value is -3.70.